The molecule has 0 aromatic carbocycles. The maximum absolute atomic E-state index is 5.97. The molecule has 0 aliphatic carbocycles. The monoisotopic (exact) mass is 328 g/mol. The van der Waals surface area contributed by atoms with Crippen LogP contribution in [0, 0.1) is 0 Å². The molecule has 2 nitrogen and oxygen atoms in total. The quantitative estimate of drug-likeness (QED) is 0.498. The van der Waals surface area contributed by atoms with Crippen molar-refractivity contribution in [3.8, 4) is 0 Å². The van der Waals surface area contributed by atoms with E-state index >= 15 is 0 Å². The molecule has 0 fully saturated rings. The fourth-order valence-electron chi connectivity index (χ4n) is 1.20. The molecule has 3 heteroatoms. The second kappa shape index (κ2) is 7.07. The summed E-state index contributed by atoms with van der Waals surface area (Å²) in [4.78, 5) is 0. The molecule has 0 aliphatic heterocycles. The van der Waals surface area contributed by atoms with Crippen LogP contribution in [0.4, 0.5) is 0 Å². The average molecular weight is 328 g/mol. The summed E-state index contributed by atoms with van der Waals surface area (Å²) in [5, 5.41) is 0. The van der Waals surface area contributed by atoms with Gasteiger partial charge in [-0.15, -0.1) is 0 Å². The molecule has 0 bridgehead atoms. The predicted octanol–water partition coefficient (Wildman–Crippen LogP) is 3.81. The van der Waals surface area contributed by atoms with Crippen molar-refractivity contribution in [3.05, 3.63) is 0 Å². The topological polar surface area (TPSA) is 18.5 Å². The van der Waals surface area contributed by atoms with Crippen LogP contribution in [0.2, 0.25) is 0 Å². The third-order valence-corrected chi connectivity index (χ3v) is 3.62. The minimum absolute atomic E-state index is 0.0466. The number of hydrogen-bond donors (Lipinski definition) is 0. The van der Waals surface area contributed by atoms with Crippen molar-refractivity contribution in [1.29, 1.82) is 0 Å². The average Bonchev–Trinajstić information content (AvgIpc) is 2.18. The van der Waals surface area contributed by atoms with E-state index in [-0.39, 0.29) is 11.2 Å². The van der Waals surface area contributed by atoms with Gasteiger partial charge in [0, 0.05) is 11.5 Å². The SMILES string of the molecule is CCC(C)(CCI)OCCC(C)(C)OC. The maximum atomic E-state index is 5.97. The first-order valence-corrected chi connectivity index (χ1v) is 7.17. The molecular formula is C12H25IO2. The van der Waals surface area contributed by atoms with Gasteiger partial charge in [0.15, 0.2) is 0 Å². The highest BCUT2D eigenvalue weighted by atomic mass is 127. The Morgan fingerprint density at radius 1 is 1.13 bits per heavy atom. The van der Waals surface area contributed by atoms with E-state index in [4.69, 9.17) is 9.47 Å². The van der Waals surface area contributed by atoms with Gasteiger partial charge < -0.3 is 9.47 Å². The lowest BCUT2D eigenvalue weighted by Gasteiger charge is -2.30. The van der Waals surface area contributed by atoms with E-state index in [2.05, 4.69) is 50.3 Å². The van der Waals surface area contributed by atoms with Crippen LogP contribution in [0.15, 0.2) is 0 Å². The van der Waals surface area contributed by atoms with Gasteiger partial charge in [-0.2, -0.15) is 0 Å². The molecule has 0 heterocycles. The summed E-state index contributed by atoms with van der Waals surface area (Å²) in [6.45, 7) is 9.36. The Morgan fingerprint density at radius 2 is 1.73 bits per heavy atom. The summed E-state index contributed by atoms with van der Waals surface area (Å²) < 4.78 is 12.5. The largest absolute Gasteiger partial charge is 0.379 e. The summed E-state index contributed by atoms with van der Waals surface area (Å²) in [5.41, 5.74) is -0.0238. The first-order chi connectivity index (χ1) is 6.89. The van der Waals surface area contributed by atoms with Crippen LogP contribution in [0.3, 0.4) is 0 Å². The van der Waals surface area contributed by atoms with Gasteiger partial charge in [-0.1, -0.05) is 29.5 Å². The summed E-state index contributed by atoms with van der Waals surface area (Å²) in [5.74, 6) is 0. The number of rotatable bonds is 8. The number of alkyl halides is 1. The highest BCUT2D eigenvalue weighted by Crippen LogP contribution is 2.23. The molecule has 1 unspecified atom stereocenters. The van der Waals surface area contributed by atoms with Gasteiger partial charge in [0.05, 0.1) is 17.8 Å². The normalized spacial score (nSPS) is 16.4. The smallest absolute Gasteiger partial charge is 0.0659 e. The van der Waals surface area contributed by atoms with Gasteiger partial charge in [-0.05, 0) is 40.0 Å². The minimum atomic E-state index is -0.0705. The number of halogens is 1. The highest BCUT2D eigenvalue weighted by molar-refractivity contribution is 14.1. The Labute approximate surface area is 108 Å². The van der Waals surface area contributed by atoms with E-state index in [0.29, 0.717) is 0 Å². The molecule has 0 amide bonds. The fourth-order valence-corrected chi connectivity index (χ4v) is 2.34. The lowest BCUT2D eigenvalue weighted by atomic mass is 9.99. The summed E-state index contributed by atoms with van der Waals surface area (Å²) in [7, 11) is 1.75. The Hall–Kier alpha value is 0.650. The zero-order chi connectivity index (χ0) is 11.9. The van der Waals surface area contributed by atoms with Crippen molar-refractivity contribution in [1.82, 2.24) is 0 Å². The highest BCUT2D eigenvalue weighted by Gasteiger charge is 2.23. The molecule has 0 spiro atoms. The van der Waals surface area contributed by atoms with Gasteiger partial charge >= 0.3 is 0 Å². The van der Waals surface area contributed by atoms with E-state index in [0.717, 1.165) is 30.3 Å². The fraction of sp³-hybridized carbons (Fsp3) is 1.00. The van der Waals surface area contributed by atoms with Gasteiger partial charge in [-0.25, -0.2) is 0 Å². The predicted molar refractivity (Wildman–Crippen MR) is 73.9 cm³/mol. The lowest BCUT2D eigenvalue weighted by molar-refractivity contribution is -0.0686. The van der Waals surface area contributed by atoms with Crippen LogP contribution in [0.5, 0.6) is 0 Å². The van der Waals surface area contributed by atoms with Crippen molar-refractivity contribution in [2.75, 3.05) is 18.1 Å². The second-order valence-corrected chi connectivity index (χ2v) is 5.88. The summed E-state index contributed by atoms with van der Waals surface area (Å²) in [6, 6.07) is 0. The van der Waals surface area contributed by atoms with Gasteiger partial charge in [0.2, 0.25) is 0 Å². The van der Waals surface area contributed by atoms with Crippen LogP contribution in [0.1, 0.15) is 47.0 Å². The first kappa shape index (κ1) is 15.7. The molecule has 0 aliphatic rings. The van der Waals surface area contributed by atoms with Crippen molar-refractivity contribution in [2.45, 2.75) is 58.2 Å². The van der Waals surface area contributed by atoms with Crippen LogP contribution in [-0.4, -0.2) is 29.3 Å². The summed E-state index contributed by atoms with van der Waals surface area (Å²) in [6.07, 6.45) is 3.14. The third kappa shape index (κ3) is 6.74. The molecule has 0 saturated heterocycles. The Kier molecular flexibility index (Phi) is 7.38. The molecular weight excluding hydrogens is 303 g/mol. The van der Waals surface area contributed by atoms with E-state index < -0.39 is 0 Å². The van der Waals surface area contributed by atoms with Gasteiger partial charge in [-0.3, -0.25) is 0 Å². The van der Waals surface area contributed by atoms with Crippen molar-refractivity contribution >= 4 is 22.6 Å². The van der Waals surface area contributed by atoms with Crippen LogP contribution >= 0.6 is 22.6 Å². The lowest BCUT2D eigenvalue weighted by Crippen LogP contribution is -2.32. The Bertz CT molecular complexity index is 171. The van der Waals surface area contributed by atoms with E-state index in [1.54, 1.807) is 7.11 Å². The molecule has 92 valence electrons. The van der Waals surface area contributed by atoms with Crippen molar-refractivity contribution in [3.63, 3.8) is 0 Å². The van der Waals surface area contributed by atoms with Gasteiger partial charge in [0.25, 0.3) is 0 Å². The van der Waals surface area contributed by atoms with Gasteiger partial charge in [0.1, 0.15) is 0 Å². The maximum Gasteiger partial charge on any atom is 0.0659 e. The van der Waals surface area contributed by atoms with E-state index in [1.165, 1.54) is 0 Å². The Morgan fingerprint density at radius 3 is 2.13 bits per heavy atom. The molecule has 0 rings (SSSR count). The molecule has 0 radical (unpaired) electrons. The molecule has 0 aromatic rings. The molecule has 0 saturated carbocycles. The summed E-state index contributed by atoms with van der Waals surface area (Å²) >= 11 is 2.41. The van der Waals surface area contributed by atoms with Crippen LogP contribution in [0.25, 0.3) is 0 Å². The standard InChI is InChI=1S/C12H25IO2/c1-6-12(4,7-9-13)15-10-8-11(2,3)14-5/h6-10H2,1-5H3. The van der Waals surface area contributed by atoms with Crippen molar-refractivity contribution < 1.29 is 9.47 Å². The molecule has 15 heavy (non-hydrogen) atoms. The zero-order valence-corrected chi connectivity index (χ0v) is 12.9. The van der Waals surface area contributed by atoms with Crippen LogP contribution in [-0.2, 0) is 9.47 Å². The first-order valence-electron chi connectivity index (χ1n) is 5.64. The number of methoxy groups -OCH3 is 1. The number of hydrogen-bond acceptors (Lipinski definition) is 2. The second-order valence-electron chi connectivity index (χ2n) is 4.80. The van der Waals surface area contributed by atoms with E-state index in [1.807, 2.05) is 0 Å². The van der Waals surface area contributed by atoms with Crippen molar-refractivity contribution in [2.24, 2.45) is 0 Å². The molecule has 0 N–H and O–H groups in total. The minimum Gasteiger partial charge on any atom is -0.379 e. The van der Waals surface area contributed by atoms with E-state index in [9.17, 15) is 0 Å². The number of ether oxygens (including phenoxy) is 2. The molecule has 1 atom stereocenters. The molecule has 0 aromatic heterocycles. The third-order valence-electron chi connectivity index (χ3n) is 3.08. The van der Waals surface area contributed by atoms with Crippen LogP contribution < -0.4 is 0 Å². The zero-order valence-electron chi connectivity index (χ0n) is 10.7. The Balaban J connectivity index is 3.91.